The van der Waals surface area contributed by atoms with E-state index in [0.717, 1.165) is 17.7 Å². The largest absolute Gasteiger partial charge is 0.416 e. The maximum Gasteiger partial charge on any atom is 0.416 e. The van der Waals surface area contributed by atoms with Gasteiger partial charge in [0.2, 0.25) is 11.0 Å². The minimum Gasteiger partial charge on any atom is -0.366 e. The highest BCUT2D eigenvalue weighted by atomic mass is 32.1. The third-order valence-corrected chi connectivity index (χ3v) is 4.54. The summed E-state index contributed by atoms with van der Waals surface area (Å²) < 4.78 is 37.9. The first-order chi connectivity index (χ1) is 13.8. The smallest absolute Gasteiger partial charge is 0.366 e. The Morgan fingerprint density at radius 1 is 1.17 bits per heavy atom. The molecule has 0 aliphatic rings. The van der Waals surface area contributed by atoms with Gasteiger partial charge in [0.15, 0.2) is 0 Å². The van der Waals surface area contributed by atoms with Crippen molar-refractivity contribution in [2.75, 3.05) is 5.43 Å². The van der Waals surface area contributed by atoms with E-state index in [9.17, 15) is 18.0 Å². The Morgan fingerprint density at radius 3 is 2.62 bits per heavy atom. The van der Waals surface area contributed by atoms with E-state index in [1.165, 1.54) is 29.7 Å². The van der Waals surface area contributed by atoms with Crippen LogP contribution in [0.4, 0.5) is 18.3 Å². The molecular weight excluding hydrogens is 401 g/mol. The third kappa shape index (κ3) is 5.52. The van der Waals surface area contributed by atoms with Crippen molar-refractivity contribution in [2.24, 2.45) is 10.8 Å². The fourth-order valence-electron chi connectivity index (χ4n) is 2.37. The normalized spacial score (nSPS) is 12.0. The monoisotopic (exact) mass is 416 g/mol. The summed E-state index contributed by atoms with van der Waals surface area (Å²) >= 11 is 1.28. The molecule has 1 amide bonds. The number of hydrazone groups is 1. The van der Waals surface area contributed by atoms with E-state index in [2.05, 4.69) is 15.5 Å². The zero-order chi connectivity index (χ0) is 20.9. The second-order valence-electron chi connectivity index (χ2n) is 5.85. The van der Waals surface area contributed by atoms with Gasteiger partial charge in [-0.3, -0.25) is 10.2 Å². The topological polar surface area (TPSA) is 80.4 Å². The molecule has 0 saturated carbocycles. The summed E-state index contributed by atoms with van der Waals surface area (Å²) in [4.78, 5) is 15.5. The van der Waals surface area contributed by atoms with Gasteiger partial charge in [-0.15, -0.1) is 11.3 Å². The summed E-state index contributed by atoms with van der Waals surface area (Å²) in [6.45, 7) is 0. The number of halogens is 3. The Labute approximate surface area is 168 Å². The number of nitrogens with two attached hydrogens (primary N) is 1. The Kier molecular flexibility index (Phi) is 6.08. The van der Waals surface area contributed by atoms with Crippen LogP contribution in [0.15, 0.2) is 65.1 Å². The summed E-state index contributed by atoms with van der Waals surface area (Å²) in [6, 6.07) is 11.7. The van der Waals surface area contributed by atoms with Crippen LogP contribution < -0.4 is 11.2 Å². The van der Waals surface area contributed by atoms with Crippen LogP contribution in [-0.4, -0.2) is 17.1 Å². The molecule has 1 aromatic heterocycles. The van der Waals surface area contributed by atoms with Gasteiger partial charge in [-0.1, -0.05) is 30.3 Å². The molecule has 2 aromatic carbocycles. The Hall–Kier alpha value is -3.46. The zero-order valence-electron chi connectivity index (χ0n) is 14.9. The number of carbonyl (C=O) groups is 1. The van der Waals surface area contributed by atoms with Gasteiger partial charge >= 0.3 is 6.18 Å². The van der Waals surface area contributed by atoms with E-state index in [1.807, 2.05) is 6.07 Å². The van der Waals surface area contributed by atoms with Crippen LogP contribution in [0.3, 0.4) is 0 Å². The van der Waals surface area contributed by atoms with Gasteiger partial charge in [0.1, 0.15) is 0 Å². The molecule has 9 heteroatoms. The molecular formula is C20H15F3N4OS. The first kappa shape index (κ1) is 20.3. The van der Waals surface area contributed by atoms with Crippen LogP contribution in [0.5, 0.6) is 0 Å². The zero-order valence-corrected chi connectivity index (χ0v) is 15.7. The van der Waals surface area contributed by atoms with Crippen molar-refractivity contribution in [3.05, 3.63) is 76.7 Å². The quantitative estimate of drug-likeness (QED) is 0.436. The minimum absolute atomic E-state index is 0.417. The Bertz CT molecular complexity index is 1060. The van der Waals surface area contributed by atoms with Crippen LogP contribution in [0.2, 0.25) is 0 Å². The second kappa shape index (κ2) is 8.70. The van der Waals surface area contributed by atoms with Gasteiger partial charge in [-0.05, 0) is 35.9 Å². The SMILES string of the molecule is NC(=O)c1cccc(/C=C/C=N/Nc2nc(-c3ccc(C(F)(F)F)cc3)cs2)c1. The average Bonchev–Trinajstić information content (AvgIpc) is 3.16. The van der Waals surface area contributed by atoms with Crippen LogP contribution >= 0.6 is 11.3 Å². The number of nitrogens with zero attached hydrogens (tertiary/aromatic N) is 2. The highest BCUT2D eigenvalue weighted by Gasteiger charge is 2.30. The molecule has 0 aliphatic heterocycles. The number of primary amides is 1. The average molecular weight is 416 g/mol. The molecule has 148 valence electrons. The third-order valence-electron chi connectivity index (χ3n) is 3.79. The van der Waals surface area contributed by atoms with Gasteiger partial charge in [0, 0.05) is 22.7 Å². The number of aromatic nitrogens is 1. The standard InChI is InChI=1S/C20H15F3N4OS/c21-20(22,23)16-8-6-14(7-9-16)17-12-29-19(26-17)27-25-10-2-4-13-3-1-5-15(11-13)18(24)28/h1-12H,(H2,24,28)(H,26,27)/b4-2+,25-10+. The summed E-state index contributed by atoms with van der Waals surface area (Å²) in [5, 5.41) is 6.24. The molecule has 0 spiro atoms. The van der Waals surface area contributed by atoms with Crippen molar-refractivity contribution < 1.29 is 18.0 Å². The molecule has 29 heavy (non-hydrogen) atoms. The van der Waals surface area contributed by atoms with Crippen LogP contribution in [-0.2, 0) is 6.18 Å². The molecule has 0 atom stereocenters. The van der Waals surface area contributed by atoms with E-state index in [0.29, 0.717) is 22.0 Å². The lowest BCUT2D eigenvalue weighted by Crippen LogP contribution is -2.10. The number of rotatable bonds is 6. The maximum atomic E-state index is 12.6. The number of carbonyl (C=O) groups excluding carboxylic acids is 1. The molecule has 0 bridgehead atoms. The van der Waals surface area contributed by atoms with E-state index >= 15 is 0 Å². The maximum absolute atomic E-state index is 12.6. The lowest BCUT2D eigenvalue weighted by molar-refractivity contribution is -0.137. The van der Waals surface area contributed by atoms with Gasteiger partial charge in [-0.2, -0.15) is 18.3 Å². The van der Waals surface area contributed by atoms with Crippen molar-refractivity contribution in [1.82, 2.24) is 4.98 Å². The van der Waals surface area contributed by atoms with Crippen molar-refractivity contribution >= 4 is 34.7 Å². The predicted octanol–water partition coefficient (Wildman–Crippen LogP) is 5.04. The molecule has 0 radical (unpaired) electrons. The Morgan fingerprint density at radius 2 is 1.93 bits per heavy atom. The summed E-state index contributed by atoms with van der Waals surface area (Å²) in [6.07, 6.45) is 0.581. The highest BCUT2D eigenvalue weighted by molar-refractivity contribution is 7.14. The number of alkyl halides is 3. The van der Waals surface area contributed by atoms with Gasteiger partial charge in [0.25, 0.3) is 0 Å². The lowest BCUT2D eigenvalue weighted by atomic mass is 10.1. The molecule has 3 rings (SSSR count). The number of anilines is 1. The van der Waals surface area contributed by atoms with Gasteiger partial charge < -0.3 is 5.73 Å². The number of thiazole rings is 1. The molecule has 0 fully saturated rings. The van der Waals surface area contributed by atoms with E-state index in [1.54, 1.807) is 35.7 Å². The number of hydrogen-bond donors (Lipinski definition) is 2. The number of benzene rings is 2. The number of allylic oxidation sites excluding steroid dienone is 1. The van der Waals surface area contributed by atoms with Crippen LogP contribution in [0.1, 0.15) is 21.5 Å². The highest BCUT2D eigenvalue weighted by Crippen LogP contribution is 2.31. The van der Waals surface area contributed by atoms with Crippen LogP contribution in [0.25, 0.3) is 17.3 Å². The van der Waals surface area contributed by atoms with Gasteiger partial charge in [0.05, 0.1) is 11.3 Å². The van der Waals surface area contributed by atoms with Gasteiger partial charge in [-0.25, -0.2) is 4.98 Å². The fourth-order valence-corrected chi connectivity index (χ4v) is 3.04. The summed E-state index contributed by atoms with van der Waals surface area (Å²) in [5.41, 5.74) is 9.65. The van der Waals surface area contributed by atoms with Crippen molar-refractivity contribution in [3.8, 4) is 11.3 Å². The van der Waals surface area contributed by atoms with E-state index < -0.39 is 17.6 Å². The first-order valence-electron chi connectivity index (χ1n) is 8.32. The van der Waals surface area contributed by atoms with Crippen molar-refractivity contribution in [3.63, 3.8) is 0 Å². The number of hydrogen-bond acceptors (Lipinski definition) is 5. The molecule has 1 heterocycles. The molecule has 0 unspecified atom stereocenters. The molecule has 5 nitrogen and oxygen atoms in total. The summed E-state index contributed by atoms with van der Waals surface area (Å²) in [5.74, 6) is -0.497. The number of nitrogens with one attached hydrogen (secondary N) is 1. The van der Waals surface area contributed by atoms with E-state index in [-0.39, 0.29) is 0 Å². The first-order valence-corrected chi connectivity index (χ1v) is 9.19. The number of amides is 1. The lowest BCUT2D eigenvalue weighted by Gasteiger charge is -2.06. The van der Waals surface area contributed by atoms with E-state index in [4.69, 9.17) is 5.73 Å². The predicted molar refractivity (Wildman–Crippen MR) is 109 cm³/mol. The fraction of sp³-hybridized carbons (Fsp3) is 0.0500. The summed E-state index contributed by atoms with van der Waals surface area (Å²) in [7, 11) is 0. The van der Waals surface area contributed by atoms with Crippen molar-refractivity contribution in [1.29, 1.82) is 0 Å². The molecule has 3 aromatic rings. The van der Waals surface area contributed by atoms with Crippen molar-refractivity contribution in [2.45, 2.75) is 6.18 Å². The second-order valence-corrected chi connectivity index (χ2v) is 6.71. The van der Waals surface area contributed by atoms with Crippen LogP contribution in [0, 0.1) is 0 Å². The molecule has 0 aliphatic carbocycles. The molecule has 0 saturated heterocycles. The molecule has 3 N–H and O–H groups in total. The minimum atomic E-state index is -4.36. The Balaban J connectivity index is 1.59.